The van der Waals surface area contributed by atoms with E-state index >= 15 is 0 Å². The van der Waals surface area contributed by atoms with Gasteiger partial charge >= 0.3 is 0 Å². The highest BCUT2D eigenvalue weighted by Crippen LogP contribution is 2.23. The van der Waals surface area contributed by atoms with Crippen molar-refractivity contribution in [2.75, 3.05) is 12.5 Å². The van der Waals surface area contributed by atoms with E-state index in [0.717, 1.165) is 29.9 Å². The first-order valence-electron chi connectivity index (χ1n) is 8.67. The van der Waals surface area contributed by atoms with Gasteiger partial charge in [-0.2, -0.15) is 0 Å². The highest BCUT2D eigenvalue weighted by Gasteiger charge is 2.04. The molecule has 2 aromatic carbocycles. The van der Waals surface area contributed by atoms with Gasteiger partial charge in [0.05, 0.1) is 12.5 Å². The van der Waals surface area contributed by atoms with Gasteiger partial charge in [-0.05, 0) is 29.7 Å². The van der Waals surface area contributed by atoms with Crippen LogP contribution < -0.4 is 4.74 Å². The van der Waals surface area contributed by atoms with Crippen molar-refractivity contribution >= 4 is 17.4 Å². The van der Waals surface area contributed by atoms with Gasteiger partial charge in [0.25, 0.3) is 0 Å². The summed E-state index contributed by atoms with van der Waals surface area (Å²) in [6, 6.07) is 15.6. The topological polar surface area (TPSA) is 26.3 Å². The minimum absolute atomic E-state index is 0.0177. The zero-order chi connectivity index (χ0) is 17.2. The third-order valence-electron chi connectivity index (χ3n) is 4.03. The molecule has 0 bridgehead atoms. The number of Topliss-reactive ketones (excluding diaryl/α,β-unsaturated/α-hetero) is 1. The molecule has 2 rings (SSSR count). The van der Waals surface area contributed by atoms with E-state index in [1.165, 1.54) is 25.7 Å². The van der Waals surface area contributed by atoms with Crippen LogP contribution in [-0.4, -0.2) is 18.3 Å². The first-order chi connectivity index (χ1) is 11.7. The number of benzene rings is 2. The molecule has 128 valence electrons. The van der Waals surface area contributed by atoms with E-state index in [2.05, 4.69) is 6.92 Å². The van der Waals surface area contributed by atoms with Crippen LogP contribution in [0.15, 0.2) is 48.5 Å². The molecule has 2 nitrogen and oxygen atoms in total. The van der Waals surface area contributed by atoms with E-state index in [9.17, 15) is 4.79 Å². The van der Waals surface area contributed by atoms with Gasteiger partial charge in [0, 0.05) is 5.56 Å². The van der Waals surface area contributed by atoms with E-state index in [4.69, 9.17) is 16.3 Å². The molecule has 0 atom stereocenters. The fourth-order valence-electron chi connectivity index (χ4n) is 2.56. The predicted molar refractivity (Wildman–Crippen MR) is 101 cm³/mol. The number of hydrogen-bond acceptors (Lipinski definition) is 2. The lowest BCUT2D eigenvalue weighted by Crippen LogP contribution is -1.99. The highest BCUT2D eigenvalue weighted by molar-refractivity contribution is 6.30. The van der Waals surface area contributed by atoms with Gasteiger partial charge in [-0.25, -0.2) is 0 Å². The predicted octanol–water partition coefficient (Wildman–Crippen LogP) is 6.12. The molecule has 0 saturated carbocycles. The largest absolute Gasteiger partial charge is 0.494 e. The van der Waals surface area contributed by atoms with E-state index in [0.29, 0.717) is 5.56 Å². The molecule has 0 aromatic heterocycles. The fourth-order valence-corrected chi connectivity index (χ4v) is 2.72. The average molecular weight is 345 g/mol. The Hall–Kier alpha value is -1.80. The van der Waals surface area contributed by atoms with Gasteiger partial charge < -0.3 is 4.74 Å². The summed E-state index contributed by atoms with van der Waals surface area (Å²) >= 11 is 5.57. The number of halogens is 1. The molecule has 0 N–H and O–H groups in total. The molecule has 0 fully saturated rings. The Morgan fingerprint density at radius 3 is 2.04 bits per heavy atom. The minimum Gasteiger partial charge on any atom is -0.494 e. The average Bonchev–Trinajstić information content (AvgIpc) is 2.64. The van der Waals surface area contributed by atoms with Crippen LogP contribution in [0.2, 0.25) is 0 Å². The molecule has 0 spiro atoms. The van der Waals surface area contributed by atoms with Crippen LogP contribution in [-0.2, 0) is 0 Å². The van der Waals surface area contributed by atoms with Crippen LogP contribution in [0.3, 0.4) is 0 Å². The lowest BCUT2D eigenvalue weighted by molar-refractivity contribution is 0.102. The number of alkyl halides is 1. The second-order valence-electron chi connectivity index (χ2n) is 5.92. The van der Waals surface area contributed by atoms with Crippen LogP contribution in [0.4, 0.5) is 0 Å². The lowest BCUT2D eigenvalue weighted by Gasteiger charge is -2.08. The lowest BCUT2D eigenvalue weighted by atomic mass is 10.0. The van der Waals surface area contributed by atoms with Gasteiger partial charge in [-0.1, -0.05) is 69.0 Å². The minimum atomic E-state index is -0.0501. The maximum Gasteiger partial charge on any atom is 0.177 e. The van der Waals surface area contributed by atoms with Gasteiger partial charge in [-0.3, -0.25) is 4.79 Å². The number of ketones is 1. The van der Waals surface area contributed by atoms with Crippen molar-refractivity contribution in [2.45, 2.75) is 39.0 Å². The summed E-state index contributed by atoms with van der Waals surface area (Å²) in [4.78, 5) is 11.5. The van der Waals surface area contributed by atoms with E-state index in [1.54, 1.807) is 0 Å². The van der Waals surface area contributed by atoms with Gasteiger partial charge in [0.2, 0.25) is 0 Å². The number of ether oxygens (including phenoxy) is 1. The van der Waals surface area contributed by atoms with Crippen LogP contribution in [0.1, 0.15) is 49.4 Å². The molecule has 0 radical (unpaired) electrons. The fraction of sp³-hybridized carbons (Fsp3) is 0.381. The van der Waals surface area contributed by atoms with Crippen molar-refractivity contribution in [3.8, 4) is 16.9 Å². The van der Waals surface area contributed by atoms with Gasteiger partial charge in [0.1, 0.15) is 5.75 Å². The molecule has 0 aliphatic carbocycles. The molecule has 0 aliphatic rings. The van der Waals surface area contributed by atoms with Crippen molar-refractivity contribution in [2.24, 2.45) is 0 Å². The number of carbonyl (C=O) groups excluding carboxylic acids is 1. The van der Waals surface area contributed by atoms with Crippen LogP contribution in [0.25, 0.3) is 11.1 Å². The monoisotopic (exact) mass is 344 g/mol. The molecule has 0 saturated heterocycles. The van der Waals surface area contributed by atoms with Crippen LogP contribution >= 0.6 is 11.6 Å². The number of hydrogen-bond donors (Lipinski definition) is 0. The van der Waals surface area contributed by atoms with Crippen LogP contribution in [0, 0.1) is 0 Å². The molecule has 0 heterocycles. The second-order valence-corrected chi connectivity index (χ2v) is 6.19. The van der Waals surface area contributed by atoms with Crippen molar-refractivity contribution in [3.05, 3.63) is 54.1 Å². The SMILES string of the molecule is CCCCCCCOc1ccc(-c2ccc(C(=O)CCl)cc2)cc1. The maximum atomic E-state index is 11.5. The van der Waals surface area contributed by atoms with Crippen molar-refractivity contribution in [1.82, 2.24) is 0 Å². The molecule has 24 heavy (non-hydrogen) atoms. The smallest absolute Gasteiger partial charge is 0.177 e. The Morgan fingerprint density at radius 1 is 0.875 bits per heavy atom. The van der Waals surface area contributed by atoms with Crippen molar-refractivity contribution in [1.29, 1.82) is 0 Å². The number of carbonyl (C=O) groups is 1. The molecule has 0 unspecified atom stereocenters. The van der Waals surface area contributed by atoms with E-state index in [1.807, 2.05) is 48.5 Å². The molecule has 3 heteroatoms. The molecule has 0 aliphatic heterocycles. The first-order valence-corrected chi connectivity index (χ1v) is 9.20. The van der Waals surface area contributed by atoms with E-state index in [-0.39, 0.29) is 11.7 Å². The Bertz CT molecular complexity index is 617. The summed E-state index contributed by atoms with van der Waals surface area (Å²) in [6.45, 7) is 3.00. The Kier molecular flexibility index (Phi) is 7.84. The zero-order valence-electron chi connectivity index (χ0n) is 14.3. The Balaban J connectivity index is 1.86. The zero-order valence-corrected chi connectivity index (χ0v) is 15.0. The van der Waals surface area contributed by atoms with Crippen molar-refractivity contribution in [3.63, 3.8) is 0 Å². The summed E-state index contributed by atoms with van der Waals surface area (Å²) in [5, 5.41) is 0. The first kappa shape index (κ1) is 18.5. The number of unbranched alkanes of at least 4 members (excludes halogenated alkanes) is 4. The summed E-state index contributed by atoms with van der Waals surface area (Å²) in [7, 11) is 0. The molecular weight excluding hydrogens is 320 g/mol. The maximum absolute atomic E-state index is 11.5. The highest BCUT2D eigenvalue weighted by atomic mass is 35.5. The van der Waals surface area contributed by atoms with Gasteiger partial charge in [0.15, 0.2) is 5.78 Å². The summed E-state index contributed by atoms with van der Waals surface area (Å²) < 4.78 is 5.78. The third-order valence-corrected chi connectivity index (χ3v) is 4.28. The number of rotatable bonds is 10. The normalized spacial score (nSPS) is 10.6. The third kappa shape index (κ3) is 5.68. The van der Waals surface area contributed by atoms with Crippen LogP contribution in [0.5, 0.6) is 5.75 Å². The quantitative estimate of drug-likeness (QED) is 0.294. The Morgan fingerprint density at radius 2 is 1.46 bits per heavy atom. The summed E-state index contributed by atoms with van der Waals surface area (Å²) in [6.07, 6.45) is 6.21. The Labute approximate surface area is 149 Å². The summed E-state index contributed by atoms with van der Waals surface area (Å²) in [5.74, 6) is 0.873. The van der Waals surface area contributed by atoms with Crippen molar-refractivity contribution < 1.29 is 9.53 Å². The second kappa shape index (κ2) is 10.1. The molecule has 2 aromatic rings. The van der Waals surface area contributed by atoms with E-state index < -0.39 is 0 Å². The standard InChI is InChI=1S/C21H25ClO2/c1-2-3-4-5-6-15-24-20-13-11-18(12-14-20)17-7-9-19(10-8-17)21(23)16-22/h7-14H,2-6,15-16H2,1H3. The molecule has 0 amide bonds. The van der Waals surface area contributed by atoms with Gasteiger partial charge in [-0.15, -0.1) is 11.6 Å². The summed E-state index contributed by atoms with van der Waals surface area (Å²) in [5.41, 5.74) is 2.83. The molecular formula is C21H25ClO2.